The van der Waals surface area contributed by atoms with Crippen molar-refractivity contribution in [2.24, 2.45) is 0 Å². The molecule has 5 nitrogen and oxygen atoms in total. The number of nitrogens with one attached hydrogen (secondary N) is 2. The minimum Gasteiger partial charge on any atom is -0.462 e. The smallest absolute Gasteiger partial charge is 0.341 e. The first kappa shape index (κ1) is 19.1. The third-order valence-electron chi connectivity index (χ3n) is 4.02. The van der Waals surface area contributed by atoms with Gasteiger partial charge in [0.15, 0.2) is 6.54 Å². The summed E-state index contributed by atoms with van der Waals surface area (Å²) in [4.78, 5) is 26.0. The SMILES string of the molecule is CCOC(=O)c1c(-c2ccccc2)csc1NC(=O)C[NH+](CC)CC. The van der Waals surface area contributed by atoms with Crippen LogP contribution in [0.1, 0.15) is 31.1 Å². The highest BCUT2D eigenvalue weighted by Crippen LogP contribution is 2.36. The van der Waals surface area contributed by atoms with E-state index in [9.17, 15) is 9.59 Å². The Labute approximate surface area is 152 Å². The van der Waals surface area contributed by atoms with Gasteiger partial charge in [-0.05, 0) is 26.3 Å². The molecule has 0 saturated carbocycles. The number of likely N-dealkylation sites (N-methyl/N-ethyl adjacent to an activating group) is 1. The van der Waals surface area contributed by atoms with Crippen molar-refractivity contribution in [3.05, 3.63) is 41.3 Å². The van der Waals surface area contributed by atoms with Crippen molar-refractivity contribution >= 4 is 28.2 Å². The number of ether oxygens (including phenoxy) is 1. The first-order valence-electron chi connectivity index (χ1n) is 8.58. The number of carbonyl (C=O) groups is 2. The molecule has 1 aromatic heterocycles. The highest BCUT2D eigenvalue weighted by molar-refractivity contribution is 7.15. The van der Waals surface area contributed by atoms with Crippen LogP contribution in [0.2, 0.25) is 0 Å². The summed E-state index contributed by atoms with van der Waals surface area (Å²) in [7, 11) is 0. The Morgan fingerprint density at radius 3 is 2.40 bits per heavy atom. The molecule has 0 saturated heterocycles. The fourth-order valence-corrected chi connectivity index (χ4v) is 3.56. The van der Waals surface area contributed by atoms with Crippen LogP contribution < -0.4 is 10.2 Å². The van der Waals surface area contributed by atoms with E-state index in [1.807, 2.05) is 35.7 Å². The van der Waals surface area contributed by atoms with Crippen molar-refractivity contribution < 1.29 is 19.2 Å². The number of quaternary nitrogens is 1. The van der Waals surface area contributed by atoms with E-state index in [1.165, 1.54) is 16.2 Å². The zero-order valence-electron chi connectivity index (χ0n) is 14.9. The summed E-state index contributed by atoms with van der Waals surface area (Å²) < 4.78 is 5.21. The van der Waals surface area contributed by atoms with Crippen LogP contribution in [0.15, 0.2) is 35.7 Å². The molecule has 1 amide bonds. The van der Waals surface area contributed by atoms with Gasteiger partial charge < -0.3 is 15.0 Å². The molecular weight excluding hydrogens is 336 g/mol. The molecule has 1 heterocycles. The van der Waals surface area contributed by atoms with Crippen LogP contribution in [0.4, 0.5) is 5.00 Å². The van der Waals surface area contributed by atoms with Gasteiger partial charge in [0, 0.05) is 10.9 Å². The van der Waals surface area contributed by atoms with Crippen LogP contribution in [-0.2, 0) is 9.53 Å². The number of benzene rings is 1. The highest BCUT2D eigenvalue weighted by Gasteiger charge is 2.23. The Morgan fingerprint density at radius 1 is 1.12 bits per heavy atom. The van der Waals surface area contributed by atoms with Crippen molar-refractivity contribution in [1.29, 1.82) is 0 Å². The van der Waals surface area contributed by atoms with E-state index < -0.39 is 5.97 Å². The van der Waals surface area contributed by atoms with Crippen molar-refractivity contribution in [2.45, 2.75) is 20.8 Å². The van der Waals surface area contributed by atoms with Gasteiger partial charge in [-0.2, -0.15) is 0 Å². The van der Waals surface area contributed by atoms with Gasteiger partial charge in [0.25, 0.3) is 5.91 Å². The molecule has 0 aliphatic heterocycles. The van der Waals surface area contributed by atoms with Crippen molar-refractivity contribution in [3.63, 3.8) is 0 Å². The maximum Gasteiger partial charge on any atom is 0.341 e. The van der Waals surface area contributed by atoms with Crippen LogP contribution in [0.3, 0.4) is 0 Å². The Balaban J connectivity index is 2.30. The lowest BCUT2D eigenvalue weighted by atomic mass is 10.0. The monoisotopic (exact) mass is 361 g/mol. The normalized spacial score (nSPS) is 10.7. The number of hydrogen-bond donors (Lipinski definition) is 2. The van der Waals surface area contributed by atoms with E-state index >= 15 is 0 Å². The lowest BCUT2D eigenvalue weighted by Crippen LogP contribution is -3.12. The second kappa shape index (κ2) is 9.34. The van der Waals surface area contributed by atoms with Crippen LogP contribution in [0.25, 0.3) is 11.1 Å². The third kappa shape index (κ3) is 4.90. The predicted octanol–water partition coefficient (Wildman–Crippen LogP) is 2.46. The zero-order valence-corrected chi connectivity index (χ0v) is 15.7. The summed E-state index contributed by atoms with van der Waals surface area (Å²) in [5.41, 5.74) is 2.15. The van der Waals surface area contributed by atoms with Crippen LogP contribution in [-0.4, -0.2) is 38.1 Å². The molecule has 1 aromatic carbocycles. The van der Waals surface area contributed by atoms with E-state index in [4.69, 9.17) is 4.74 Å². The van der Waals surface area contributed by atoms with Gasteiger partial charge >= 0.3 is 5.97 Å². The molecule has 0 fully saturated rings. The summed E-state index contributed by atoms with van der Waals surface area (Å²) in [6.45, 7) is 8.31. The molecule has 0 atom stereocenters. The largest absolute Gasteiger partial charge is 0.462 e. The highest BCUT2D eigenvalue weighted by atomic mass is 32.1. The molecule has 0 radical (unpaired) electrons. The Hall–Kier alpha value is -2.18. The Kier molecular flexibility index (Phi) is 7.16. The molecular formula is C19H25N2O3S+. The molecule has 2 aromatic rings. The number of anilines is 1. The van der Waals surface area contributed by atoms with Gasteiger partial charge in [-0.3, -0.25) is 4.79 Å². The van der Waals surface area contributed by atoms with Crippen molar-refractivity contribution in [1.82, 2.24) is 0 Å². The van der Waals surface area contributed by atoms with E-state index in [0.717, 1.165) is 24.2 Å². The molecule has 2 N–H and O–H groups in total. The second-order valence-corrected chi connectivity index (χ2v) is 6.50. The van der Waals surface area contributed by atoms with E-state index in [-0.39, 0.29) is 5.91 Å². The quantitative estimate of drug-likeness (QED) is 0.710. The summed E-state index contributed by atoms with van der Waals surface area (Å²) in [5.74, 6) is -0.501. The number of rotatable bonds is 8. The fraction of sp³-hybridized carbons (Fsp3) is 0.368. The number of esters is 1. The summed E-state index contributed by atoms with van der Waals surface area (Å²) in [6.07, 6.45) is 0. The number of carbonyl (C=O) groups excluding carboxylic acids is 2. The van der Waals surface area contributed by atoms with Gasteiger partial charge in [-0.25, -0.2) is 4.79 Å². The molecule has 134 valence electrons. The summed E-state index contributed by atoms with van der Waals surface area (Å²) >= 11 is 1.35. The van der Waals surface area contributed by atoms with Gasteiger partial charge in [-0.15, -0.1) is 11.3 Å². The van der Waals surface area contributed by atoms with Gasteiger partial charge in [-0.1, -0.05) is 30.3 Å². The first-order chi connectivity index (χ1) is 12.1. The fourth-order valence-electron chi connectivity index (χ4n) is 2.58. The van der Waals surface area contributed by atoms with E-state index in [0.29, 0.717) is 23.7 Å². The number of thiophene rings is 1. The Bertz CT molecular complexity index is 709. The lowest BCUT2D eigenvalue weighted by molar-refractivity contribution is -0.888. The molecule has 0 bridgehead atoms. The third-order valence-corrected chi connectivity index (χ3v) is 4.91. The molecule has 0 aliphatic carbocycles. The zero-order chi connectivity index (χ0) is 18.2. The van der Waals surface area contributed by atoms with E-state index in [1.54, 1.807) is 6.92 Å². The van der Waals surface area contributed by atoms with Crippen molar-refractivity contribution in [2.75, 3.05) is 31.6 Å². The van der Waals surface area contributed by atoms with E-state index in [2.05, 4.69) is 19.2 Å². The number of amides is 1. The van der Waals surface area contributed by atoms with Crippen LogP contribution in [0.5, 0.6) is 0 Å². The maximum absolute atomic E-state index is 12.5. The standard InChI is InChI=1S/C19H24N2O3S/c1-4-21(5-2)12-16(22)20-18-17(19(23)24-6-3)15(13-25-18)14-10-8-7-9-11-14/h7-11,13H,4-6,12H2,1-3H3,(H,20,22)/p+1. The predicted molar refractivity (Wildman–Crippen MR) is 101 cm³/mol. The van der Waals surface area contributed by atoms with Gasteiger partial charge in [0.05, 0.1) is 19.7 Å². The van der Waals surface area contributed by atoms with Crippen LogP contribution in [0, 0.1) is 0 Å². The minimum atomic E-state index is -0.409. The maximum atomic E-state index is 12.5. The summed E-state index contributed by atoms with van der Waals surface area (Å²) in [5, 5.41) is 5.34. The first-order valence-corrected chi connectivity index (χ1v) is 9.46. The molecule has 2 rings (SSSR count). The number of hydrogen-bond acceptors (Lipinski definition) is 4. The molecule has 0 unspecified atom stereocenters. The minimum absolute atomic E-state index is 0.0919. The molecule has 0 spiro atoms. The van der Waals surface area contributed by atoms with Gasteiger partial charge in [0.2, 0.25) is 0 Å². The topological polar surface area (TPSA) is 59.8 Å². The van der Waals surface area contributed by atoms with Gasteiger partial charge in [0.1, 0.15) is 10.6 Å². The second-order valence-electron chi connectivity index (χ2n) is 5.62. The lowest BCUT2D eigenvalue weighted by Gasteiger charge is -2.15. The molecule has 6 heteroatoms. The average molecular weight is 361 g/mol. The van der Waals surface area contributed by atoms with Crippen LogP contribution >= 0.6 is 11.3 Å². The molecule has 0 aliphatic rings. The average Bonchev–Trinajstić information content (AvgIpc) is 3.04. The van der Waals surface area contributed by atoms with Crippen molar-refractivity contribution in [3.8, 4) is 11.1 Å². The Morgan fingerprint density at radius 2 is 1.80 bits per heavy atom. The molecule has 25 heavy (non-hydrogen) atoms. The summed E-state index contributed by atoms with van der Waals surface area (Å²) in [6, 6.07) is 9.65.